The fourth-order valence-corrected chi connectivity index (χ4v) is 1.20. The third-order valence-electron chi connectivity index (χ3n) is 1.45. The van der Waals surface area contributed by atoms with E-state index in [4.69, 9.17) is 0 Å². The molecule has 0 N–H and O–H groups in total. The molecule has 0 aliphatic heterocycles. The summed E-state index contributed by atoms with van der Waals surface area (Å²) < 4.78 is 1.16. The molecule has 0 heterocycles. The summed E-state index contributed by atoms with van der Waals surface area (Å²) in [7, 11) is 0. The summed E-state index contributed by atoms with van der Waals surface area (Å²) in [6.45, 7) is 2.20. The summed E-state index contributed by atoms with van der Waals surface area (Å²) in [4.78, 5) is 7.13. The standard InChI is InChI=1S/C9H11Br.3CH3.Sn.H/c1-2-3-8-4-6-9(10)7-5-8;;;;;/h4-7H,2-3H2,1H3;3*1H3;;. The van der Waals surface area contributed by atoms with Crippen molar-refractivity contribution in [2.24, 2.45) is 0 Å². The van der Waals surface area contributed by atoms with Gasteiger partial charge in [-0.1, -0.05) is 41.4 Å². The van der Waals surface area contributed by atoms with Crippen LogP contribution in [0.3, 0.4) is 0 Å². The Bertz CT molecular complexity index is 226. The number of halogens is 1. The van der Waals surface area contributed by atoms with Crippen molar-refractivity contribution < 1.29 is 0 Å². The van der Waals surface area contributed by atoms with E-state index in [-0.39, 0.29) is 0 Å². The zero-order valence-electron chi connectivity index (χ0n) is 9.68. The fourth-order valence-electron chi connectivity index (χ4n) is 0.940. The van der Waals surface area contributed by atoms with Gasteiger partial charge in [-0.05, 0) is 24.1 Å². The number of aryl methyl sites for hydroxylation is 1. The third-order valence-corrected chi connectivity index (χ3v) is 1.98. The first-order valence-corrected chi connectivity index (χ1v) is 16.0. The topological polar surface area (TPSA) is 0 Å². The molecule has 80 valence electrons. The second-order valence-electron chi connectivity index (χ2n) is 4.11. The number of benzene rings is 1. The number of rotatable bonds is 2. The maximum atomic E-state index is 3.40. The quantitative estimate of drug-likeness (QED) is 0.678. The van der Waals surface area contributed by atoms with Gasteiger partial charge in [0.25, 0.3) is 0 Å². The van der Waals surface area contributed by atoms with Crippen molar-refractivity contribution in [3.05, 3.63) is 34.3 Å². The minimum atomic E-state index is -0.637. The van der Waals surface area contributed by atoms with Crippen molar-refractivity contribution in [2.75, 3.05) is 0 Å². The predicted molar refractivity (Wildman–Crippen MR) is 72.9 cm³/mol. The molecule has 0 saturated heterocycles. The fraction of sp³-hybridized carbons (Fsp3) is 0.500. The maximum absolute atomic E-state index is 3.40. The molecule has 0 unspecified atom stereocenters. The Kier molecular flexibility index (Phi) is 9.09. The molecule has 14 heavy (non-hydrogen) atoms. The summed E-state index contributed by atoms with van der Waals surface area (Å²) in [5.41, 5.74) is 1.42. The van der Waals surface area contributed by atoms with Crippen LogP contribution in [-0.2, 0) is 6.42 Å². The number of hydrogen-bond acceptors (Lipinski definition) is 0. The van der Waals surface area contributed by atoms with Crippen molar-refractivity contribution in [3.8, 4) is 0 Å². The van der Waals surface area contributed by atoms with E-state index in [1.807, 2.05) is 0 Å². The molecule has 0 aliphatic rings. The van der Waals surface area contributed by atoms with Crippen LogP contribution in [0.2, 0.25) is 14.8 Å². The van der Waals surface area contributed by atoms with Gasteiger partial charge < -0.3 is 0 Å². The van der Waals surface area contributed by atoms with Crippen LogP contribution in [0.5, 0.6) is 0 Å². The van der Waals surface area contributed by atoms with E-state index in [0.29, 0.717) is 0 Å². The first-order chi connectivity index (χ1) is 6.56. The summed E-state index contributed by atoms with van der Waals surface area (Å²) in [5, 5.41) is 0. The minimum absolute atomic E-state index is 0.637. The molecular weight excluding hydrogens is 343 g/mol. The van der Waals surface area contributed by atoms with E-state index in [0.717, 1.165) is 4.47 Å². The van der Waals surface area contributed by atoms with Crippen molar-refractivity contribution >= 4 is 35.7 Å². The zero-order chi connectivity index (χ0) is 11.0. The van der Waals surface area contributed by atoms with Gasteiger partial charge in [0.05, 0.1) is 0 Å². The van der Waals surface area contributed by atoms with Crippen LogP contribution in [0.15, 0.2) is 28.7 Å². The molecule has 0 nitrogen and oxygen atoms in total. The summed E-state index contributed by atoms with van der Waals surface area (Å²) in [5.74, 6) is 0. The van der Waals surface area contributed by atoms with Gasteiger partial charge in [-0.2, -0.15) is 0 Å². The molecule has 0 aromatic heterocycles. The van der Waals surface area contributed by atoms with Crippen LogP contribution in [0.4, 0.5) is 0 Å². The van der Waals surface area contributed by atoms with Crippen LogP contribution in [0.1, 0.15) is 18.9 Å². The molecule has 0 saturated carbocycles. The normalized spacial score (nSPS) is 9.57. The van der Waals surface area contributed by atoms with Crippen LogP contribution < -0.4 is 0 Å². The van der Waals surface area contributed by atoms with Gasteiger partial charge >= 0.3 is 34.6 Å². The van der Waals surface area contributed by atoms with Gasteiger partial charge in [0, 0.05) is 4.47 Å². The van der Waals surface area contributed by atoms with Crippen LogP contribution in [0.25, 0.3) is 0 Å². The van der Waals surface area contributed by atoms with E-state index >= 15 is 0 Å². The van der Waals surface area contributed by atoms with Crippen molar-refractivity contribution in [2.45, 2.75) is 34.6 Å². The van der Waals surface area contributed by atoms with Crippen molar-refractivity contribution in [3.63, 3.8) is 0 Å². The Morgan fingerprint density at radius 1 is 1.07 bits per heavy atom. The molecule has 0 amide bonds. The second-order valence-corrected chi connectivity index (χ2v) is 14.9. The van der Waals surface area contributed by atoms with Gasteiger partial charge in [-0.3, -0.25) is 0 Å². The Hall–Kier alpha value is 0.499. The van der Waals surface area contributed by atoms with Gasteiger partial charge in [0.2, 0.25) is 0 Å². The van der Waals surface area contributed by atoms with Crippen molar-refractivity contribution in [1.82, 2.24) is 0 Å². The Balaban J connectivity index is 0.000000364. The van der Waals surface area contributed by atoms with E-state index in [2.05, 4.69) is 61.9 Å². The van der Waals surface area contributed by atoms with E-state index in [1.165, 1.54) is 18.4 Å². The molecule has 0 spiro atoms. The first-order valence-electron chi connectivity index (χ1n) is 5.30. The number of hydrogen-bond donors (Lipinski definition) is 0. The molecular formula is C12H21BrSn. The summed E-state index contributed by atoms with van der Waals surface area (Å²) >= 11 is 2.76. The molecule has 1 aromatic carbocycles. The summed E-state index contributed by atoms with van der Waals surface area (Å²) in [6, 6.07) is 8.50. The average Bonchev–Trinajstić information content (AvgIpc) is 2.08. The molecule has 2 heteroatoms. The first kappa shape index (κ1) is 14.5. The van der Waals surface area contributed by atoms with Crippen LogP contribution in [0, 0.1) is 0 Å². The van der Waals surface area contributed by atoms with Crippen LogP contribution in [-0.4, -0.2) is 19.8 Å². The molecule has 0 radical (unpaired) electrons. The monoisotopic (exact) mass is 364 g/mol. The van der Waals surface area contributed by atoms with Gasteiger partial charge in [0.1, 0.15) is 0 Å². The molecule has 1 aromatic rings. The molecule has 0 fully saturated rings. The van der Waals surface area contributed by atoms with Gasteiger partial charge in [-0.15, -0.1) is 0 Å². The molecule has 0 aliphatic carbocycles. The molecule has 0 bridgehead atoms. The molecule has 0 atom stereocenters. The zero-order valence-corrected chi connectivity index (χ0v) is 14.6. The predicted octanol–water partition coefficient (Wildman–Crippen LogP) is 4.50. The van der Waals surface area contributed by atoms with Gasteiger partial charge in [0.15, 0.2) is 0 Å². The SMILES string of the molecule is CCCc1ccc(Br)cc1.[CH3][SnH]([CH3])[CH3]. The second kappa shape index (κ2) is 8.78. The van der Waals surface area contributed by atoms with E-state index < -0.39 is 19.8 Å². The van der Waals surface area contributed by atoms with Gasteiger partial charge in [-0.25, -0.2) is 0 Å². The molecule has 1 rings (SSSR count). The Morgan fingerprint density at radius 3 is 1.86 bits per heavy atom. The van der Waals surface area contributed by atoms with E-state index in [9.17, 15) is 0 Å². The Labute approximate surface area is 104 Å². The third kappa shape index (κ3) is 9.07. The average molecular weight is 364 g/mol. The van der Waals surface area contributed by atoms with Crippen LogP contribution >= 0.6 is 15.9 Å². The van der Waals surface area contributed by atoms with E-state index in [1.54, 1.807) is 0 Å². The Morgan fingerprint density at radius 2 is 1.50 bits per heavy atom. The summed E-state index contributed by atoms with van der Waals surface area (Å²) in [6.07, 6.45) is 2.41. The van der Waals surface area contributed by atoms with Crippen molar-refractivity contribution in [1.29, 1.82) is 0 Å².